The molecule has 0 aliphatic carbocycles. The first kappa shape index (κ1) is 13.7. The van der Waals surface area contributed by atoms with Crippen molar-refractivity contribution in [3.63, 3.8) is 0 Å². The van der Waals surface area contributed by atoms with Gasteiger partial charge in [-0.2, -0.15) is 0 Å². The van der Waals surface area contributed by atoms with Crippen LogP contribution in [0.4, 0.5) is 0 Å². The highest BCUT2D eigenvalue weighted by atomic mass is 32.1. The number of para-hydroxylation sites is 1. The molecule has 2 heterocycles. The standard InChI is InChI=1S/C16H14N2O2S/c17-7-3-4-12-8-11(10-21-12)16(19)18-14-9-20-15-6-2-1-5-13(14)15/h1-2,5-6,8,10,14H,7,9,17H2,(H,18,19). The summed E-state index contributed by atoms with van der Waals surface area (Å²) in [6.45, 7) is 0.782. The average molecular weight is 298 g/mol. The summed E-state index contributed by atoms with van der Waals surface area (Å²) in [6.07, 6.45) is 0. The third-order valence-corrected chi connectivity index (χ3v) is 4.03. The van der Waals surface area contributed by atoms with Gasteiger partial charge in [-0.25, -0.2) is 0 Å². The maximum Gasteiger partial charge on any atom is 0.252 e. The summed E-state index contributed by atoms with van der Waals surface area (Å²) >= 11 is 1.44. The number of rotatable bonds is 2. The van der Waals surface area contributed by atoms with Crippen LogP contribution in [0.2, 0.25) is 0 Å². The first-order valence-electron chi connectivity index (χ1n) is 6.58. The zero-order valence-corrected chi connectivity index (χ0v) is 12.1. The molecule has 0 saturated heterocycles. The first-order chi connectivity index (χ1) is 10.3. The predicted octanol–water partition coefficient (Wildman–Crippen LogP) is 1.92. The summed E-state index contributed by atoms with van der Waals surface area (Å²) in [5.74, 6) is 6.43. The number of ether oxygens (including phenoxy) is 1. The van der Waals surface area contributed by atoms with Gasteiger partial charge in [0.2, 0.25) is 0 Å². The second-order valence-corrected chi connectivity index (χ2v) is 5.49. The van der Waals surface area contributed by atoms with Crippen LogP contribution in [0, 0.1) is 11.8 Å². The fraction of sp³-hybridized carbons (Fsp3) is 0.188. The predicted molar refractivity (Wildman–Crippen MR) is 82.4 cm³/mol. The van der Waals surface area contributed by atoms with E-state index >= 15 is 0 Å². The molecule has 1 aliphatic rings. The summed E-state index contributed by atoms with van der Waals surface area (Å²) in [5.41, 5.74) is 6.97. The normalized spacial score (nSPS) is 15.6. The molecule has 4 nitrogen and oxygen atoms in total. The summed E-state index contributed by atoms with van der Waals surface area (Å²) in [6, 6.07) is 9.42. The monoisotopic (exact) mass is 298 g/mol. The Balaban J connectivity index is 1.71. The third kappa shape index (κ3) is 2.92. The molecule has 1 aromatic carbocycles. The lowest BCUT2D eigenvalue weighted by Crippen LogP contribution is -2.29. The van der Waals surface area contributed by atoms with Gasteiger partial charge in [0.1, 0.15) is 12.4 Å². The third-order valence-electron chi connectivity index (χ3n) is 3.18. The molecule has 1 aromatic heterocycles. The Bertz CT molecular complexity index is 727. The van der Waals surface area contributed by atoms with Gasteiger partial charge in [0.05, 0.1) is 23.0 Å². The lowest BCUT2D eigenvalue weighted by atomic mass is 10.1. The second kappa shape index (κ2) is 6.00. The van der Waals surface area contributed by atoms with E-state index in [4.69, 9.17) is 10.5 Å². The summed E-state index contributed by atoms with van der Waals surface area (Å²) in [5, 5.41) is 4.79. The highest BCUT2D eigenvalue weighted by Crippen LogP contribution is 2.31. The number of benzene rings is 1. The molecular formula is C16H14N2O2S. The lowest BCUT2D eigenvalue weighted by Gasteiger charge is -2.10. The molecule has 0 bridgehead atoms. The minimum Gasteiger partial charge on any atom is -0.491 e. The number of hydrogen-bond donors (Lipinski definition) is 2. The van der Waals surface area contributed by atoms with Gasteiger partial charge < -0.3 is 15.8 Å². The van der Waals surface area contributed by atoms with Gasteiger partial charge >= 0.3 is 0 Å². The number of fused-ring (bicyclic) bond motifs is 1. The van der Waals surface area contributed by atoms with Gasteiger partial charge in [-0.15, -0.1) is 11.3 Å². The Morgan fingerprint density at radius 1 is 1.48 bits per heavy atom. The average Bonchev–Trinajstić information content (AvgIpc) is 3.13. The van der Waals surface area contributed by atoms with Crippen LogP contribution in [-0.4, -0.2) is 19.1 Å². The molecule has 0 saturated carbocycles. The minimum atomic E-state index is -0.114. The Morgan fingerprint density at radius 2 is 2.33 bits per heavy atom. The van der Waals surface area contributed by atoms with Crippen molar-refractivity contribution in [2.45, 2.75) is 6.04 Å². The van der Waals surface area contributed by atoms with Crippen LogP contribution in [-0.2, 0) is 0 Å². The van der Waals surface area contributed by atoms with Crippen LogP contribution in [0.5, 0.6) is 5.75 Å². The van der Waals surface area contributed by atoms with E-state index < -0.39 is 0 Å². The maximum atomic E-state index is 12.3. The number of carbonyl (C=O) groups is 1. The molecule has 5 heteroatoms. The van der Waals surface area contributed by atoms with E-state index in [1.807, 2.05) is 24.3 Å². The molecule has 1 aliphatic heterocycles. The molecule has 0 spiro atoms. The van der Waals surface area contributed by atoms with Crippen molar-refractivity contribution >= 4 is 17.2 Å². The van der Waals surface area contributed by atoms with E-state index in [1.165, 1.54) is 11.3 Å². The van der Waals surface area contributed by atoms with Gasteiger partial charge in [-0.1, -0.05) is 30.0 Å². The van der Waals surface area contributed by atoms with Gasteiger partial charge in [0, 0.05) is 10.9 Å². The molecular weight excluding hydrogens is 284 g/mol. The van der Waals surface area contributed by atoms with Gasteiger partial charge in [-0.3, -0.25) is 4.79 Å². The zero-order chi connectivity index (χ0) is 14.7. The highest BCUT2D eigenvalue weighted by molar-refractivity contribution is 7.10. The Hall–Kier alpha value is -2.29. The molecule has 1 atom stereocenters. The number of amides is 1. The van der Waals surface area contributed by atoms with E-state index in [2.05, 4.69) is 17.2 Å². The van der Waals surface area contributed by atoms with Crippen LogP contribution >= 0.6 is 11.3 Å². The van der Waals surface area contributed by atoms with Crippen LogP contribution in [0.3, 0.4) is 0 Å². The molecule has 21 heavy (non-hydrogen) atoms. The molecule has 3 rings (SSSR count). The van der Waals surface area contributed by atoms with E-state index in [1.54, 1.807) is 11.4 Å². The molecule has 1 unspecified atom stereocenters. The van der Waals surface area contributed by atoms with Crippen molar-refractivity contribution in [3.05, 3.63) is 51.7 Å². The van der Waals surface area contributed by atoms with Gasteiger partial charge in [0.15, 0.2) is 0 Å². The Kier molecular flexibility index (Phi) is 3.91. The topological polar surface area (TPSA) is 64.4 Å². The van der Waals surface area contributed by atoms with Crippen LogP contribution in [0.15, 0.2) is 35.7 Å². The number of nitrogens with two attached hydrogens (primary N) is 1. The second-order valence-electron chi connectivity index (χ2n) is 4.58. The van der Waals surface area contributed by atoms with Crippen molar-refractivity contribution in [1.82, 2.24) is 5.32 Å². The number of carbonyl (C=O) groups excluding carboxylic acids is 1. The molecule has 0 fully saturated rings. The minimum absolute atomic E-state index is 0.104. The van der Waals surface area contributed by atoms with Crippen molar-refractivity contribution < 1.29 is 9.53 Å². The molecule has 1 amide bonds. The van der Waals surface area contributed by atoms with Crippen molar-refractivity contribution in [2.24, 2.45) is 5.73 Å². The smallest absolute Gasteiger partial charge is 0.252 e. The van der Waals surface area contributed by atoms with E-state index in [-0.39, 0.29) is 11.9 Å². The van der Waals surface area contributed by atoms with Crippen molar-refractivity contribution in [3.8, 4) is 17.6 Å². The molecule has 106 valence electrons. The van der Waals surface area contributed by atoms with E-state index in [9.17, 15) is 4.79 Å². The SMILES string of the molecule is NCC#Cc1cc(C(=O)NC2COc3ccccc32)cs1. The maximum absolute atomic E-state index is 12.3. The fourth-order valence-electron chi connectivity index (χ4n) is 2.18. The molecule has 0 radical (unpaired) electrons. The quantitative estimate of drug-likeness (QED) is 0.833. The van der Waals surface area contributed by atoms with Crippen LogP contribution < -0.4 is 15.8 Å². The fourth-order valence-corrected chi connectivity index (χ4v) is 2.94. The van der Waals surface area contributed by atoms with Crippen LogP contribution in [0.25, 0.3) is 0 Å². The number of thiophene rings is 1. The first-order valence-corrected chi connectivity index (χ1v) is 7.46. The highest BCUT2D eigenvalue weighted by Gasteiger charge is 2.25. The Morgan fingerprint density at radius 3 is 3.19 bits per heavy atom. The Labute approximate surface area is 126 Å². The van der Waals surface area contributed by atoms with Gasteiger partial charge in [-0.05, 0) is 12.1 Å². The largest absolute Gasteiger partial charge is 0.491 e. The van der Waals surface area contributed by atoms with E-state index in [0.717, 1.165) is 16.2 Å². The van der Waals surface area contributed by atoms with Crippen molar-refractivity contribution in [2.75, 3.05) is 13.2 Å². The van der Waals surface area contributed by atoms with E-state index in [0.29, 0.717) is 18.7 Å². The molecule has 3 N–H and O–H groups in total. The van der Waals surface area contributed by atoms with Gasteiger partial charge in [0.25, 0.3) is 5.91 Å². The van der Waals surface area contributed by atoms with Crippen molar-refractivity contribution in [1.29, 1.82) is 0 Å². The van der Waals surface area contributed by atoms with Crippen LogP contribution in [0.1, 0.15) is 26.8 Å². The zero-order valence-electron chi connectivity index (χ0n) is 11.3. The number of hydrogen-bond acceptors (Lipinski definition) is 4. The number of nitrogens with one attached hydrogen (secondary N) is 1. The summed E-state index contributed by atoms with van der Waals surface area (Å²) in [7, 11) is 0. The lowest BCUT2D eigenvalue weighted by molar-refractivity contribution is 0.0931. The summed E-state index contributed by atoms with van der Waals surface area (Å²) < 4.78 is 5.56. The summed E-state index contributed by atoms with van der Waals surface area (Å²) in [4.78, 5) is 13.1. The molecule has 2 aromatic rings.